The molecule has 4 aromatic heterocycles. The van der Waals surface area contributed by atoms with Crippen molar-refractivity contribution >= 4 is 50.7 Å². The Kier molecular flexibility index (Phi) is 14.0. The lowest BCUT2D eigenvalue weighted by Crippen LogP contribution is -2.25. The van der Waals surface area contributed by atoms with Crippen LogP contribution in [0.3, 0.4) is 0 Å². The lowest BCUT2D eigenvalue weighted by molar-refractivity contribution is 0.0942. The molecular weight excluding hydrogens is 864 g/mol. The molecule has 0 atom stereocenters. The van der Waals surface area contributed by atoms with E-state index in [1.807, 2.05) is 75.9 Å². The summed E-state index contributed by atoms with van der Waals surface area (Å²) in [7, 11) is 0. The first kappa shape index (κ1) is 43.8. The number of halogens is 1. The van der Waals surface area contributed by atoms with Crippen LogP contribution < -0.4 is 21.3 Å². The number of unbranched alkanes of at least 4 members (excludes halogenated alkanes) is 2. The van der Waals surface area contributed by atoms with Gasteiger partial charge in [-0.3, -0.25) is 18.4 Å². The molecule has 0 radical (unpaired) electrons. The van der Waals surface area contributed by atoms with Crippen molar-refractivity contribution in [3.05, 3.63) is 94.7 Å². The Balaban J connectivity index is 0.000000177. The molecule has 3 aliphatic rings. The van der Waals surface area contributed by atoms with Gasteiger partial charge >= 0.3 is 0 Å². The van der Waals surface area contributed by atoms with E-state index in [-0.39, 0.29) is 25.0 Å². The van der Waals surface area contributed by atoms with Crippen LogP contribution in [0.1, 0.15) is 103 Å². The third-order valence-corrected chi connectivity index (χ3v) is 11.7. The molecule has 7 N–H and O–H groups in total. The number of aliphatic hydroxyl groups is 3. The zero-order chi connectivity index (χ0) is 43.8. The molecule has 63 heavy (non-hydrogen) atoms. The quantitative estimate of drug-likeness (QED) is 0.0420. The molecule has 0 unspecified atom stereocenters. The summed E-state index contributed by atoms with van der Waals surface area (Å²) in [6.07, 6.45) is 18.0. The first-order valence-corrected chi connectivity index (χ1v) is 22.7. The molecule has 15 nitrogen and oxygen atoms in total. The van der Waals surface area contributed by atoms with Gasteiger partial charge in [-0.25, -0.2) is 19.9 Å². The zero-order valence-electron chi connectivity index (χ0n) is 35.1. The number of carbonyl (C=O) groups excluding carboxylic acids is 2. The highest BCUT2D eigenvalue weighted by Crippen LogP contribution is 2.30. The number of carbonyl (C=O) groups is 2. The van der Waals surface area contributed by atoms with E-state index in [9.17, 15) is 14.7 Å². The Labute approximate surface area is 374 Å². The molecule has 0 bridgehead atoms. The van der Waals surface area contributed by atoms with Crippen molar-refractivity contribution in [3.63, 3.8) is 0 Å². The smallest absolute Gasteiger partial charge is 0.251 e. The van der Waals surface area contributed by atoms with Crippen molar-refractivity contribution in [1.82, 2.24) is 39.4 Å². The minimum absolute atomic E-state index is 0.0199. The number of imidazole rings is 2. The Morgan fingerprint density at radius 1 is 0.698 bits per heavy atom. The third-order valence-electron chi connectivity index (χ3n) is 11.3. The predicted octanol–water partition coefficient (Wildman–Crippen LogP) is 6.36. The Bertz CT molecular complexity index is 2600. The number of aliphatic hydroxyl groups excluding tert-OH is 2. The van der Waals surface area contributed by atoms with E-state index in [2.05, 4.69) is 69.0 Å². The van der Waals surface area contributed by atoms with Gasteiger partial charge in [-0.2, -0.15) is 0 Å². The minimum Gasteiger partial charge on any atom is -0.396 e. The summed E-state index contributed by atoms with van der Waals surface area (Å²) < 4.78 is 4.62. The predicted molar refractivity (Wildman–Crippen MR) is 245 cm³/mol. The first-order chi connectivity index (χ1) is 30.7. The summed E-state index contributed by atoms with van der Waals surface area (Å²) in [5.41, 5.74) is 5.98. The molecule has 2 amide bonds. The molecule has 3 saturated carbocycles. The number of benzene rings is 2. The monoisotopic (exact) mass is 916 g/mol. The number of nitrogens with one attached hydrogen (secondary N) is 4. The summed E-state index contributed by atoms with van der Waals surface area (Å²) in [6.45, 7) is 1.70. The molecule has 16 heteroatoms. The van der Waals surface area contributed by atoms with Crippen LogP contribution in [0.25, 0.3) is 33.8 Å². The van der Waals surface area contributed by atoms with Crippen LogP contribution in [0.15, 0.2) is 77.9 Å². The molecule has 328 valence electrons. The molecule has 6 aromatic rings. The second-order valence-electron chi connectivity index (χ2n) is 16.4. The Hall–Kier alpha value is -5.86. The third kappa shape index (κ3) is 11.2. The van der Waals surface area contributed by atoms with Gasteiger partial charge in [0.1, 0.15) is 15.9 Å². The van der Waals surface area contributed by atoms with Gasteiger partial charge in [-0.15, -0.1) is 0 Å². The van der Waals surface area contributed by atoms with Gasteiger partial charge in [0.05, 0.1) is 23.8 Å². The van der Waals surface area contributed by atoms with Crippen LogP contribution in [0.4, 0.5) is 11.6 Å². The van der Waals surface area contributed by atoms with E-state index in [0.717, 1.165) is 85.9 Å². The summed E-state index contributed by atoms with van der Waals surface area (Å²) in [5.74, 6) is 7.36. The van der Waals surface area contributed by atoms with Gasteiger partial charge in [0.2, 0.25) is 0 Å². The maximum atomic E-state index is 12.4. The van der Waals surface area contributed by atoms with Crippen LogP contribution in [0, 0.1) is 11.8 Å². The van der Waals surface area contributed by atoms with Crippen LogP contribution in [0.2, 0.25) is 0 Å². The number of anilines is 2. The Morgan fingerprint density at radius 3 is 1.65 bits per heavy atom. The average molecular weight is 918 g/mol. The SMILES string of the molecule is O=C(NC1CC1)c1ccc(-c2cnc3c(NCCCCO)nc(Br)cn23)cc1.O=C(NC1CC1)c1ccc(-c2cnc3c(NCCCCO)nc(C#CC4(O)CCCC4)cn23)cc1. The molecule has 3 aliphatic carbocycles. The molecule has 3 fully saturated rings. The standard InChI is InChI=1S/C27H31N5O3.C20H22BrN5O2/c33-16-4-3-15-28-24-25-29-17-23(19-5-7-20(8-6-19)26(34)31-21-9-10-21)32(25)18-22(30-24)11-14-27(35)12-1-2-13-27;21-17-12-26-16(11-23-19(26)18(25-17)22-9-1-2-10-27)13-3-5-14(6-4-13)20(28)24-15-7-8-15/h5-8,17-18,21,33,35H,1-4,9-10,12-13,15-16H2,(H,28,30)(H,31,34);3-6,11-12,15,27H,1-2,7-10H2,(H,22,25)(H,24,28). The van der Waals surface area contributed by atoms with Gasteiger partial charge in [-0.05, 0) is 123 Å². The van der Waals surface area contributed by atoms with Crippen molar-refractivity contribution in [1.29, 1.82) is 0 Å². The maximum absolute atomic E-state index is 12.4. The molecule has 0 aliphatic heterocycles. The van der Waals surface area contributed by atoms with Crippen LogP contribution in [-0.4, -0.2) is 99.9 Å². The highest BCUT2D eigenvalue weighted by Gasteiger charge is 2.29. The molecule has 2 aromatic carbocycles. The van der Waals surface area contributed by atoms with Crippen molar-refractivity contribution in [2.24, 2.45) is 0 Å². The summed E-state index contributed by atoms with van der Waals surface area (Å²) in [5, 5.41) is 41.3. The van der Waals surface area contributed by atoms with Crippen molar-refractivity contribution < 1.29 is 24.9 Å². The largest absolute Gasteiger partial charge is 0.396 e. The molecule has 0 saturated heterocycles. The van der Waals surface area contributed by atoms with E-state index in [4.69, 9.17) is 10.2 Å². The van der Waals surface area contributed by atoms with Gasteiger partial charge in [0.15, 0.2) is 22.9 Å². The van der Waals surface area contributed by atoms with Gasteiger partial charge in [0.25, 0.3) is 11.8 Å². The normalized spacial score (nSPS) is 15.3. The Morgan fingerprint density at radius 2 is 1.17 bits per heavy atom. The second kappa shape index (κ2) is 20.1. The number of hydrogen-bond donors (Lipinski definition) is 7. The fourth-order valence-electron chi connectivity index (χ4n) is 7.40. The van der Waals surface area contributed by atoms with Crippen molar-refractivity contribution in [2.75, 3.05) is 36.9 Å². The fraction of sp³-hybridized carbons (Fsp3) is 0.404. The van der Waals surface area contributed by atoms with E-state index in [0.29, 0.717) is 83.1 Å². The minimum atomic E-state index is -0.944. The van der Waals surface area contributed by atoms with Crippen LogP contribution in [-0.2, 0) is 0 Å². The highest BCUT2D eigenvalue weighted by molar-refractivity contribution is 9.10. The van der Waals surface area contributed by atoms with Gasteiger partial charge in [-0.1, -0.05) is 30.2 Å². The summed E-state index contributed by atoms with van der Waals surface area (Å²) in [4.78, 5) is 42.8. The number of hydrogen-bond acceptors (Lipinski definition) is 11. The van der Waals surface area contributed by atoms with Crippen LogP contribution >= 0.6 is 15.9 Å². The zero-order valence-corrected chi connectivity index (χ0v) is 36.7. The van der Waals surface area contributed by atoms with Gasteiger partial charge < -0.3 is 36.6 Å². The highest BCUT2D eigenvalue weighted by atomic mass is 79.9. The lowest BCUT2D eigenvalue weighted by atomic mass is 10.0. The molecule has 9 rings (SSSR count). The van der Waals surface area contributed by atoms with E-state index >= 15 is 0 Å². The maximum Gasteiger partial charge on any atom is 0.251 e. The number of rotatable bonds is 16. The molecular formula is C47H53BrN10O5. The van der Waals surface area contributed by atoms with Crippen molar-refractivity contribution in [3.8, 4) is 34.4 Å². The number of nitrogens with zero attached hydrogens (tertiary/aromatic N) is 6. The topological polar surface area (TPSA) is 203 Å². The number of fused-ring (bicyclic) bond motifs is 2. The summed E-state index contributed by atoms with van der Waals surface area (Å²) >= 11 is 3.46. The molecule has 0 spiro atoms. The lowest BCUT2D eigenvalue weighted by Gasteiger charge is -2.13. The molecule has 4 heterocycles. The van der Waals surface area contributed by atoms with E-state index in [1.165, 1.54) is 0 Å². The second-order valence-corrected chi connectivity index (χ2v) is 17.2. The van der Waals surface area contributed by atoms with Gasteiger partial charge in [0, 0.05) is 73.0 Å². The first-order valence-electron chi connectivity index (χ1n) is 21.9. The van der Waals surface area contributed by atoms with E-state index in [1.54, 1.807) is 6.20 Å². The van der Waals surface area contributed by atoms with E-state index < -0.39 is 5.60 Å². The fourth-order valence-corrected chi connectivity index (χ4v) is 7.78. The van der Waals surface area contributed by atoms with Crippen molar-refractivity contribution in [2.45, 2.75) is 94.7 Å². The summed E-state index contributed by atoms with van der Waals surface area (Å²) in [6, 6.07) is 15.7. The number of amides is 2. The van der Waals surface area contributed by atoms with Crippen LogP contribution in [0.5, 0.6) is 0 Å². The number of aromatic nitrogens is 6. The average Bonchev–Trinajstić information content (AvgIpc) is 4.15.